The van der Waals surface area contributed by atoms with E-state index in [1.54, 1.807) is 30.3 Å². The molecule has 3 N–H and O–H groups in total. The lowest BCUT2D eigenvalue weighted by Gasteiger charge is -2.11. The van der Waals surface area contributed by atoms with E-state index in [-0.39, 0.29) is 0 Å². The molecule has 5 nitrogen and oxygen atoms in total. The Hall–Kier alpha value is -2.71. The van der Waals surface area contributed by atoms with Crippen LogP contribution in [-0.4, -0.2) is 13.0 Å². The molecule has 6 heteroatoms. The highest BCUT2D eigenvalue weighted by Gasteiger charge is 2.14. The number of hydrogen-bond acceptors (Lipinski definition) is 4. The number of amides is 1. The predicted octanol–water partition coefficient (Wildman–Crippen LogP) is 3.05. The van der Waals surface area contributed by atoms with E-state index < -0.39 is 5.91 Å². The largest absolute Gasteiger partial charge is 0.496 e. The number of anilines is 2. The summed E-state index contributed by atoms with van der Waals surface area (Å²) in [5, 5.41) is 11.9. The Morgan fingerprint density at radius 1 is 1.33 bits per heavy atom. The van der Waals surface area contributed by atoms with Crippen LogP contribution in [0.4, 0.5) is 11.4 Å². The number of nitrogens with two attached hydrogens (primary N) is 1. The Morgan fingerprint density at radius 3 is 2.76 bits per heavy atom. The zero-order chi connectivity index (χ0) is 15.4. The minimum atomic E-state index is -0.399. The number of carbonyl (C=O) groups excluding carboxylic acids is 1. The highest BCUT2D eigenvalue weighted by atomic mass is 35.5. The summed E-state index contributed by atoms with van der Waals surface area (Å²) in [5.41, 5.74) is 7.23. The highest BCUT2D eigenvalue weighted by Crippen LogP contribution is 2.26. The first-order valence-electron chi connectivity index (χ1n) is 5.99. The van der Waals surface area contributed by atoms with Crippen LogP contribution < -0.4 is 15.8 Å². The number of hydrogen-bond donors (Lipinski definition) is 2. The van der Waals surface area contributed by atoms with Crippen molar-refractivity contribution in [1.29, 1.82) is 5.26 Å². The molecule has 0 aliphatic rings. The molecule has 2 aromatic carbocycles. The summed E-state index contributed by atoms with van der Waals surface area (Å²) in [4.78, 5) is 12.3. The molecule has 0 aliphatic heterocycles. The van der Waals surface area contributed by atoms with Gasteiger partial charge in [0.2, 0.25) is 0 Å². The number of nitrogen functional groups attached to an aromatic ring is 1. The normalized spacial score (nSPS) is 9.76. The summed E-state index contributed by atoms with van der Waals surface area (Å²) in [6.45, 7) is 0. The van der Waals surface area contributed by atoms with Crippen LogP contribution in [0.25, 0.3) is 0 Å². The molecule has 1 amide bonds. The van der Waals surface area contributed by atoms with Crippen molar-refractivity contribution in [2.75, 3.05) is 18.2 Å². The number of halogens is 1. The number of carbonyl (C=O) groups is 1. The Kier molecular flexibility index (Phi) is 4.31. The molecule has 0 unspecified atom stereocenters. The van der Waals surface area contributed by atoms with Crippen LogP contribution in [0.3, 0.4) is 0 Å². The molecule has 0 fully saturated rings. The van der Waals surface area contributed by atoms with Crippen LogP contribution >= 0.6 is 11.6 Å². The number of benzene rings is 2. The lowest BCUT2D eigenvalue weighted by molar-refractivity contribution is 0.102. The monoisotopic (exact) mass is 301 g/mol. The SMILES string of the molecule is COc1cc(N)ccc1C(=O)Nc1cc(C#N)ccc1Cl. The van der Waals surface area contributed by atoms with Gasteiger partial charge in [-0.05, 0) is 30.3 Å². The second-order valence-corrected chi connectivity index (χ2v) is 4.63. The van der Waals surface area contributed by atoms with E-state index in [2.05, 4.69) is 5.32 Å². The average Bonchev–Trinajstić information content (AvgIpc) is 2.49. The molecule has 0 bridgehead atoms. The third-order valence-corrected chi connectivity index (χ3v) is 3.14. The van der Waals surface area contributed by atoms with E-state index >= 15 is 0 Å². The van der Waals surface area contributed by atoms with Gasteiger partial charge < -0.3 is 15.8 Å². The van der Waals surface area contributed by atoms with Crippen LogP contribution in [0.15, 0.2) is 36.4 Å². The van der Waals surface area contributed by atoms with E-state index in [9.17, 15) is 4.79 Å². The lowest BCUT2D eigenvalue weighted by Crippen LogP contribution is -2.13. The molecule has 21 heavy (non-hydrogen) atoms. The number of nitrogens with zero attached hydrogens (tertiary/aromatic N) is 1. The Morgan fingerprint density at radius 2 is 2.10 bits per heavy atom. The fraction of sp³-hybridized carbons (Fsp3) is 0.0667. The van der Waals surface area contributed by atoms with Gasteiger partial charge in [-0.3, -0.25) is 4.79 Å². The van der Waals surface area contributed by atoms with Crippen molar-refractivity contribution < 1.29 is 9.53 Å². The molecular weight excluding hydrogens is 290 g/mol. The first-order chi connectivity index (χ1) is 10.0. The van der Waals surface area contributed by atoms with Crippen molar-refractivity contribution in [1.82, 2.24) is 0 Å². The third kappa shape index (κ3) is 3.25. The summed E-state index contributed by atoms with van der Waals surface area (Å²) in [6, 6.07) is 11.3. The van der Waals surface area contributed by atoms with Gasteiger partial charge in [-0.1, -0.05) is 11.6 Å². The molecule has 0 atom stereocenters. The zero-order valence-electron chi connectivity index (χ0n) is 11.2. The Balaban J connectivity index is 2.32. The summed E-state index contributed by atoms with van der Waals surface area (Å²) < 4.78 is 5.13. The number of nitrogens with one attached hydrogen (secondary N) is 1. The highest BCUT2D eigenvalue weighted by molar-refractivity contribution is 6.34. The fourth-order valence-electron chi connectivity index (χ4n) is 1.78. The summed E-state index contributed by atoms with van der Waals surface area (Å²) in [5.74, 6) is -0.0381. The molecule has 0 saturated carbocycles. The smallest absolute Gasteiger partial charge is 0.259 e. The van der Waals surface area contributed by atoms with Gasteiger partial charge in [0.1, 0.15) is 5.75 Å². The third-order valence-electron chi connectivity index (χ3n) is 2.81. The number of nitriles is 1. The Bertz CT molecular complexity index is 738. The molecule has 2 rings (SSSR count). The second-order valence-electron chi connectivity index (χ2n) is 4.22. The van der Waals surface area contributed by atoms with E-state index in [1.807, 2.05) is 6.07 Å². The first kappa shape index (κ1) is 14.7. The van der Waals surface area contributed by atoms with Crippen molar-refractivity contribution in [2.24, 2.45) is 0 Å². The predicted molar refractivity (Wildman–Crippen MR) is 81.5 cm³/mol. The molecule has 0 radical (unpaired) electrons. The van der Waals surface area contributed by atoms with Gasteiger partial charge in [0.05, 0.1) is 35.0 Å². The lowest BCUT2D eigenvalue weighted by atomic mass is 10.1. The van der Waals surface area contributed by atoms with Crippen molar-refractivity contribution in [3.05, 3.63) is 52.5 Å². The Labute approximate surface area is 126 Å². The number of methoxy groups -OCH3 is 1. The van der Waals surface area contributed by atoms with Gasteiger partial charge >= 0.3 is 0 Å². The molecule has 2 aromatic rings. The van der Waals surface area contributed by atoms with Gasteiger partial charge in [0.15, 0.2) is 0 Å². The van der Waals surface area contributed by atoms with Crippen LogP contribution in [0, 0.1) is 11.3 Å². The maximum Gasteiger partial charge on any atom is 0.259 e. The molecule has 106 valence electrons. The van der Waals surface area contributed by atoms with Crippen LogP contribution in [-0.2, 0) is 0 Å². The summed E-state index contributed by atoms with van der Waals surface area (Å²) >= 11 is 6.01. The maximum atomic E-state index is 12.3. The van der Waals surface area contributed by atoms with Crippen molar-refractivity contribution in [3.8, 4) is 11.8 Å². The average molecular weight is 302 g/mol. The quantitative estimate of drug-likeness (QED) is 0.853. The molecule has 0 spiro atoms. The topological polar surface area (TPSA) is 88.1 Å². The van der Waals surface area contributed by atoms with Crippen LogP contribution in [0.2, 0.25) is 5.02 Å². The van der Waals surface area contributed by atoms with Crippen molar-refractivity contribution in [2.45, 2.75) is 0 Å². The van der Waals surface area contributed by atoms with Crippen LogP contribution in [0.1, 0.15) is 15.9 Å². The number of rotatable bonds is 3. The minimum absolute atomic E-state index is 0.324. The fourth-order valence-corrected chi connectivity index (χ4v) is 1.94. The minimum Gasteiger partial charge on any atom is -0.496 e. The zero-order valence-corrected chi connectivity index (χ0v) is 11.9. The second kappa shape index (κ2) is 6.16. The molecule has 0 saturated heterocycles. The standard InChI is InChI=1S/C15H12ClN3O2/c1-21-14-7-10(18)3-4-11(14)15(20)19-13-6-9(8-17)2-5-12(13)16/h2-7H,18H2,1H3,(H,19,20). The first-order valence-corrected chi connectivity index (χ1v) is 6.37. The number of ether oxygens (including phenoxy) is 1. The molecule has 0 aliphatic carbocycles. The summed E-state index contributed by atoms with van der Waals surface area (Å²) in [7, 11) is 1.45. The van der Waals surface area contributed by atoms with Crippen molar-refractivity contribution >= 4 is 28.9 Å². The van der Waals surface area contributed by atoms with Crippen molar-refractivity contribution in [3.63, 3.8) is 0 Å². The molecule has 0 aromatic heterocycles. The van der Waals surface area contributed by atoms with Crippen LogP contribution in [0.5, 0.6) is 5.75 Å². The van der Waals surface area contributed by atoms with E-state index in [1.165, 1.54) is 13.2 Å². The molecule has 0 heterocycles. The van der Waals surface area contributed by atoms with E-state index in [0.29, 0.717) is 33.3 Å². The van der Waals surface area contributed by atoms with E-state index in [0.717, 1.165) is 0 Å². The van der Waals surface area contributed by atoms with Gasteiger partial charge in [-0.25, -0.2) is 0 Å². The molecular formula is C15H12ClN3O2. The van der Waals surface area contributed by atoms with Gasteiger partial charge in [0, 0.05) is 11.8 Å². The van der Waals surface area contributed by atoms with E-state index in [4.69, 9.17) is 27.3 Å². The summed E-state index contributed by atoms with van der Waals surface area (Å²) in [6.07, 6.45) is 0. The maximum absolute atomic E-state index is 12.3. The van der Waals surface area contributed by atoms with Gasteiger partial charge in [0.25, 0.3) is 5.91 Å². The van der Waals surface area contributed by atoms with Gasteiger partial charge in [-0.2, -0.15) is 5.26 Å². The van der Waals surface area contributed by atoms with Gasteiger partial charge in [-0.15, -0.1) is 0 Å².